The van der Waals surface area contributed by atoms with Crippen molar-refractivity contribution < 1.29 is 9.53 Å². The number of aromatic nitrogens is 1. The highest BCUT2D eigenvalue weighted by atomic mass is 32.2. The van der Waals surface area contributed by atoms with Crippen LogP contribution in [0, 0.1) is 0 Å². The summed E-state index contributed by atoms with van der Waals surface area (Å²) in [4.78, 5) is 16.6. The highest BCUT2D eigenvalue weighted by molar-refractivity contribution is 8.07. The Kier molecular flexibility index (Phi) is 4.95. The Labute approximate surface area is 116 Å². The molecule has 0 radical (unpaired) electrons. The molecule has 2 heterocycles. The molecule has 1 aliphatic heterocycles. The van der Waals surface area contributed by atoms with Crippen LogP contribution in [-0.4, -0.2) is 39.9 Å². The van der Waals surface area contributed by atoms with Crippen LogP contribution in [0.4, 0.5) is 0 Å². The third kappa shape index (κ3) is 3.01. The minimum absolute atomic E-state index is 0.0580. The van der Waals surface area contributed by atoms with Gasteiger partial charge in [0.2, 0.25) is 0 Å². The second-order valence-corrected chi connectivity index (χ2v) is 6.68. The molecule has 2 atom stereocenters. The normalized spacial score (nSPS) is 23.7. The van der Waals surface area contributed by atoms with Gasteiger partial charge in [0.25, 0.3) is 0 Å². The van der Waals surface area contributed by atoms with Gasteiger partial charge in [-0.2, -0.15) is 11.8 Å². The number of Topliss-reactive ketones (excluding diaryl/α,β-unsaturated/α-hetero) is 1. The summed E-state index contributed by atoms with van der Waals surface area (Å²) in [5, 5.41) is 0.477. The van der Waals surface area contributed by atoms with Crippen LogP contribution in [0.25, 0.3) is 0 Å². The van der Waals surface area contributed by atoms with Crippen molar-refractivity contribution in [3.05, 3.63) is 24.0 Å². The highest BCUT2D eigenvalue weighted by Gasteiger charge is 2.31. The van der Waals surface area contributed by atoms with E-state index in [1.165, 1.54) is 0 Å². The van der Waals surface area contributed by atoms with Crippen LogP contribution in [0.1, 0.15) is 23.7 Å². The zero-order valence-corrected chi connectivity index (χ0v) is 12.2. The summed E-state index contributed by atoms with van der Waals surface area (Å²) in [5.74, 6) is 3.02. The summed E-state index contributed by atoms with van der Waals surface area (Å²) in [6, 6.07) is 1.78. The third-order valence-corrected chi connectivity index (χ3v) is 6.19. The lowest BCUT2D eigenvalue weighted by molar-refractivity contribution is 0.0987. The van der Waals surface area contributed by atoms with Crippen LogP contribution in [0.15, 0.2) is 18.5 Å². The van der Waals surface area contributed by atoms with Crippen molar-refractivity contribution in [1.82, 2.24) is 4.98 Å². The molecule has 1 fully saturated rings. The maximum atomic E-state index is 12.5. The van der Waals surface area contributed by atoms with E-state index in [1.807, 2.05) is 11.8 Å². The molecule has 0 amide bonds. The van der Waals surface area contributed by atoms with Gasteiger partial charge < -0.3 is 4.74 Å². The Morgan fingerprint density at radius 2 is 2.22 bits per heavy atom. The molecule has 18 heavy (non-hydrogen) atoms. The molecule has 0 spiro atoms. The summed E-state index contributed by atoms with van der Waals surface area (Å²) in [6.07, 6.45) is 4.29. The molecule has 0 aromatic carbocycles. The van der Waals surface area contributed by atoms with Crippen molar-refractivity contribution in [2.75, 3.05) is 18.6 Å². The number of methoxy groups -OCH3 is 1. The summed E-state index contributed by atoms with van der Waals surface area (Å²) < 4.78 is 5.12. The van der Waals surface area contributed by atoms with Crippen LogP contribution in [0.2, 0.25) is 0 Å². The second-order valence-electron chi connectivity index (χ2n) is 4.09. The Balaban J connectivity index is 2.18. The van der Waals surface area contributed by atoms with Crippen LogP contribution < -0.4 is 4.74 Å². The molecule has 1 aromatic rings. The highest BCUT2D eigenvalue weighted by Crippen LogP contribution is 2.35. The van der Waals surface area contributed by atoms with E-state index in [1.54, 1.807) is 37.3 Å². The molecule has 98 valence electrons. The lowest BCUT2D eigenvalue weighted by Gasteiger charge is -2.28. The van der Waals surface area contributed by atoms with Crippen LogP contribution in [-0.2, 0) is 0 Å². The van der Waals surface area contributed by atoms with Crippen molar-refractivity contribution in [3.8, 4) is 5.75 Å². The Bertz CT molecular complexity index is 425. The van der Waals surface area contributed by atoms with Gasteiger partial charge in [0.1, 0.15) is 5.75 Å². The molecule has 3 nitrogen and oxygen atoms in total. The number of pyridine rings is 1. The lowest BCUT2D eigenvalue weighted by Crippen LogP contribution is -2.32. The predicted octanol–water partition coefficient (Wildman–Crippen LogP) is 2.90. The van der Waals surface area contributed by atoms with Gasteiger partial charge in [0.05, 0.1) is 18.6 Å². The number of thioether (sulfide) groups is 2. The fraction of sp³-hybridized carbons (Fsp3) is 0.538. The molecule has 2 unspecified atom stereocenters. The van der Waals surface area contributed by atoms with Crippen LogP contribution in [0.3, 0.4) is 0 Å². The van der Waals surface area contributed by atoms with Gasteiger partial charge >= 0.3 is 0 Å². The Hall–Kier alpha value is -0.680. The Morgan fingerprint density at radius 3 is 2.94 bits per heavy atom. The second kappa shape index (κ2) is 6.48. The van der Waals surface area contributed by atoms with Gasteiger partial charge in [-0.1, -0.05) is 6.92 Å². The first kappa shape index (κ1) is 13.7. The molecular weight excluding hydrogens is 266 g/mol. The van der Waals surface area contributed by atoms with Gasteiger partial charge in [-0.25, -0.2) is 0 Å². The standard InChI is InChI=1S/C13H17NO2S2/c1-3-11-13(18-5-4-17-11)12(15)9-6-10(16-2)8-14-7-9/h6-8,11,13H,3-5H2,1-2H3. The van der Waals surface area contributed by atoms with Crippen molar-refractivity contribution in [2.45, 2.75) is 23.8 Å². The van der Waals surface area contributed by atoms with Crippen molar-refractivity contribution >= 4 is 29.3 Å². The number of hydrogen-bond acceptors (Lipinski definition) is 5. The van der Waals surface area contributed by atoms with E-state index in [0.29, 0.717) is 16.6 Å². The van der Waals surface area contributed by atoms with Gasteiger partial charge in [-0.05, 0) is 12.5 Å². The van der Waals surface area contributed by atoms with Gasteiger partial charge in [-0.3, -0.25) is 9.78 Å². The van der Waals surface area contributed by atoms with Gasteiger partial charge in [-0.15, -0.1) is 11.8 Å². The SMILES string of the molecule is CCC1SCCSC1C(=O)c1cncc(OC)c1. The number of rotatable bonds is 4. The molecule has 1 aromatic heterocycles. The smallest absolute Gasteiger partial charge is 0.178 e. The predicted molar refractivity (Wildman–Crippen MR) is 77.9 cm³/mol. The van der Waals surface area contributed by atoms with Crippen molar-refractivity contribution in [3.63, 3.8) is 0 Å². The summed E-state index contributed by atoms with van der Waals surface area (Å²) >= 11 is 3.68. The molecule has 1 aliphatic rings. The largest absolute Gasteiger partial charge is 0.495 e. The zero-order chi connectivity index (χ0) is 13.0. The molecule has 2 rings (SSSR count). The number of carbonyl (C=O) groups is 1. The number of ketones is 1. The van der Waals surface area contributed by atoms with E-state index < -0.39 is 0 Å². The average Bonchev–Trinajstić information content (AvgIpc) is 2.46. The fourth-order valence-electron chi connectivity index (χ4n) is 1.98. The van der Waals surface area contributed by atoms with Crippen molar-refractivity contribution in [2.24, 2.45) is 0 Å². The van der Waals surface area contributed by atoms with Crippen LogP contribution >= 0.6 is 23.5 Å². The number of carbonyl (C=O) groups excluding carboxylic acids is 1. The van der Waals surface area contributed by atoms with E-state index in [4.69, 9.17) is 4.74 Å². The average molecular weight is 283 g/mol. The first-order valence-electron chi connectivity index (χ1n) is 6.02. The molecule has 0 bridgehead atoms. The topological polar surface area (TPSA) is 39.2 Å². The Morgan fingerprint density at radius 1 is 1.44 bits per heavy atom. The first-order chi connectivity index (χ1) is 8.76. The number of nitrogens with zero attached hydrogens (tertiary/aromatic N) is 1. The number of ether oxygens (including phenoxy) is 1. The minimum Gasteiger partial charge on any atom is -0.495 e. The maximum absolute atomic E-state index is 12.5. The van der Waals surface area contributed by atoms with Gasteiger partial charge in [0, 0.05) is 28.5 Å². The fourth-order valence-corrected chi connectivity index (χ4v) is 5.00. The quantitative estimate of drug-likeness (QED) is 0.795. The summed E-state index contributed by atoms with van der Waals surface area (Å²) in [6.45, 7) is 2.15. The van der Waals surface area contributed by atoms with Crippen molar-refractivity contribution in [1.29, 1.82) is 0 Å². The zero-order valence-electron chi connectivity index (χ0n) is 10.6. The summed E-state index contributed by atoms with van der Waals surface area (Å²) in [7, 11) is 1.59. The monoisotopic (exact) mass is 283 g/mol. The first-order valence-corrected chi connectivity index (χ1v) is 8.12. The van der Waals surface area contributed by atoms with E-state index in [2.05, 4.69) is 11.9 Å². The third-order valence-electron chi connectivity index (χ3n) is 2.94. The maximum Gasteiger partial charge on any atom is 0.178 e. The molecular formula is C13H17NO2S2. The van der Waals surface area contributed by atoms with E-state index in [-0.39, 0.29) is 11.0 Å². The molecule has 0 saturated carbocycles. The van der Waals surface area contributed by atoms with Gasteiger partial charge in [0.15, 0.2) is 5.78 Å². The van der Waals surface area contributed by atoms with E-state index in [0.717, 1.165) is 17.9 Å². The summed E-state index contributed by atoms with van der Waals surface area (Å²) in [5.41, 5.74) is 0.660. The van der Waals surface area contributed by atoms with E-state index >= 15 is 0 Å². The molecule has 5 heteroatoms. The number of hydrogen-bond donors (Lipinski definition) is 0. The molecule has 0 aliphatic carbocycles. The minimum atomic E-state index is 0.0580. The van der Waals surface area contributed by atoms with Crippen LogP contribution in [0.5, 0.6) is 5.75 Å². The van der Waals surface area contributed by atoms with E-state index in [9.17, 15) is 4.79 Å². The molecule has 0 N–H and O–H groups in total. The molecule has 1 saturated heterocycles. The lowest BCUT2D eigenvalue weighted by atomic mass is 10.1.